The Labute approximate surface area is 103 Å². The van der Waals surface area contributed by atoms with Gasteiger partial charge in [0.2, 0.25) is 0 Å². The van der Waals surface area contributed by atoms with Gasteiger partial charge in [0.15, 0.2) is 17.4 Å². The average Bonchev–Trinajstić information content (AvgIpc) is 2.82. The summed E-state index contributed by atoms with van der Waals surface area (Å²) in [6, 6.07) is 0. The van der Waals surface area contributed by atoms with E-state index in [0.29, 0.717) is 0 Å². The predicted molar refractivity (Wildman–Crippen MR) is 58.3 cm³/mol. The summed E-state index contributed by atoms with van der Waals surface area (Å²) in [6.07, 6.45) is -4.15. The van der Waals surface area contributed by atoms with Gasteiger partial charge in [0.25, 0.3) is 5.56 Å². The lowest BCUT2D eigenvalue weighted by Gasteiger charge is -2.18. The van der Waals surface area contributed by atoms with Crippen LogP contribution in [-0.2, 0) is 11.3 Å². The van der Waals surface area contributed by atoms with Gasteiger partial charge in [0.1, 0.15) is 18.3 Å². The summed E-state index contributed by atoms with van der Waals surface area (Å²) in [6.45, 7) is 0.105. The van der Waals surface area contributed by atoms with Gasteiger partial charge in [-0.05, 0) is 0 Å². The van der Waals surface area contributed by atoms with Gasteiger partial charge < -0.3 is 14.9 Å². The molecule has 0 aromatic carbocycles. The Bertz CT molecular complexity index is 790. The molecule has 2 bridgehead atoms. The summed E-state index contributed by atoms with van der Waals surface area (Å²) in [5, 5.41) is 27.2. The van der Waals surface area contributed by atoms with Gasteiger partial charge in [-0.15, -0.1) is 5.10 Å². The number of fused-ring (bicyclic) bond motifs is 3. The Balaban J connectivity index is 2.14. The van der Waals surface area contributed by atoms with E-state index in [1.807, 2.05) is 0 Å². The molecule has 2 aromatic rings. The van der Waals surface area contributed by atoms with E-state index in [1.54, 1.807) is 0 Å². The maximum Gasteiger partial charge on any atom is 0.332 e. The smallest absolute Gasteiger partial charge is 0.332 e. The molecule has 100 valence electrons. The number of ether oxygens (including phenoxy) is 1. The van der Waals surface area contributed by atoms with Gasteiger partial charge in [-0.25, -0.2) is 14.0 Å². The summed E-state index contributed by atoms with van der Waals surface area (Å²) in [5.41, 5.74) is -1.19. The number of H-pyrrole nitrogens is 1. The molecule has 2 aliphatic rings. The first-order valence-corrected chi connectivity index (χ1v) is 5.67. The molecular weight excluding hydrogens is 258 g/mol. The van der Waals surface area contributed by atoms with Crippen molar-refractivity contribution in [3.63, 3.8) is 0 Å². The van der Waals surface area contributed by atoms with Crippen LogP contribution >= 0.6 is 0 Å². The fourth-order valence-corrected chi connectivity index (χ4v) is 2.63. The molecule has 0 saturated carbocycles. The molecule has 1 saturated heterocycles. The molecule has 0 spiro atoms. The molecule has 0 radical (unpaired) electrons. The zero-order valence-electron chi connectivity index (χ0n) is 9.42. The molecule has 2 unspecified atom stereocenters. The van der Waals surface area contributed by atoms with Crippen LogP contribution in [0, 0.1) is 0 Å². The van der Waals surface area contributed by atoms with E-state index in [4.69, 9.17) is 4.74 Å². The van der Waals surface area contributed by atoms with Crippen LogP contribution in [0.1, 0.15) is 6.23 Å². The van der Waals surface area contributed by atoms with Gasteiger partial charge in [-0.3, -0.25) is 9.78 Å². The lowest BCUT2D eigenvalue weighted by Crippen LogP contribution is -2.40. The summed E-state index contributed by atoms with van der Waals surface area (Å²) in [7, 11) is 0. The van der Waals surface area contributed by atoms with Crippen LogP contribution in [0.4, 0.5) is 0 Å². The number of rotatable bonds is 0. The molecule has 19 heavy (non-hydrogen) atoms. The van der Waals surface area contributed by atoms with Gasteiger partial charge in [-0.2, -0.15) is 0 Å². The number of aromatic nitrogens is 5. The van der Waals surface area contributed by atoms with Crippen molar-refractivity contribution >= 4 is 11.2 Å². The first-order chi connectivity index (χ1) is 9.08. The number of hydrogen-bond donors (Lipinski definition) is 3. The molecule has 2 aromatic heterocycles. The van der Waals surface area contributed by atoms with E-state index in [-0.39, 0.29) is 17.7 Å². The fraction of sp³-hybridized carbons (Fsp3) is 0.556. The molecule has 4 atom stereocenters. The lowest BCUT2D eigenvalue weighted by molar-refractivity contribution is -0.0358. The predicted octanol–water partition coefficient (Wildman–Crippen LogP) is -3.09. The third-order valence-electron chi connectivity index (χ3n) is 3.54. The molecule has 4 heterocycles. The first-order valence-electron chi connectivity index (χ1n) is 5.67. The van der Waals surface area contributed by atoms with Crippen LogP contribution in [0.5, 0.6) is 0 Å². The molecule has 10 nitrogen and oxygen atoms in total. The van der Waals surface area contributed by atoms with Crippen molar-refractivity contribution in [3.8, 4) is 0 Å². The van der Waals surface area contributed by atoms with Gasteiger partial charge in [-0.1, -0.05) is 5.21 Å². The standard InChI is InChI=1S/C9H9N5O5/c15-4-2-1-13-7-3(11-12-13)6(17)10-9(18)14(7)8(19-2)5(4)16/h2,4-5,8,15-16H,1H2,(H,10,17,18)/t2-,4?,5?,8-/m0/s1. The van der Waals surface area contributed by atoms with Crippen molar-refractivity contribution in [1.29, 1.82) is 0 Å². The topological polar surface area (TPSA) is 135 Å². The molecule has 10 heteroatoms. The highest BCUT2D eigenvalue weighted by molar-refractivity contribution is 5.68. The second-order valence-electron chi connectivity index (χ2n) is 4.62. The van der Waals surface area contributed by atoms with Crippen molar-refractivity contribution < 1.29 is 14.9 Å². The molecule has 3 N–H and O–H groups in total. The minimum atomic E-state index is -1.25. The van der Waals surface area contributed by atoms with Crippen molar-refractivity contribution in [3.05, 3.63) is 20.8 Å². The Hall–Kier alpha value is -2.04. The second-order valence-corrected chi connectivity index (χ2v) is 4.62. The van der Waals surface area contributed by atoms with Crippen LogP contribution in [0.3, 0.4) is 0 Å². The van der Waals surface area contributed by atoms with Crippen LogP contribution in [0.15, 0.2) is 9.59 Å². The maximum atomic E-state index is 11.9. The monoisotopic (exact) mass is 267 g/mol. The normalized spacial score (nSPS) is 32.7. The number of aromatic amines is 1. The van der Waals surface area contributed by atoms with E-state index in [9.17, 15) is 19.8 Å². The summed E-state index contributed by atoms with van der Waals surface area (Å²) < 4.78 is 7.84. The van der Waals surface area contributed by atoms with Gasteiger partial charge in [0.05, 0.1) is 6.54 Å². The largest absolute Gasteiger partial charge is 0.387 e. The number of aliphatic hydroxyl groups is 2. The third-order valence-corrected chi connectivity index (χ3v) is 3.54. The first kappa shape index (κ1) is 10.8. The highest BCUT2D eigenvalue weighted by Gasteiger charge is 2.47. The highest BCUT2D eigenvalue weighted by atomic mass is 16.6. The van der Waals surface area contributed by atoms with Crippen molar-refractivity contribution in [1.82, 2.24) is 24.5 Å². The number of aliphatic hydroxyl groups excluding tert-OH is 2. The number of nitrogens with one attached hydrogen (secondary N) is 1. The van der Waals surface area contributed by atoms with Crippen molar-refractivity contribution in [2.24, 2.45) is 0 Å². The highest BCUT2D eigenvalue weighted by Crippen LogP contribution is 2.33. The molecule has 2 aliphatic heterocycles. The summed E-state index contributed by atoms with van der Waals surface area (Å²) in [5.74, 6) is 0. The van der Waals surface area contributed by atoms with Crippen LogP contribution < -0.4 is 11.2 Å². The lowest BCUT2D eigenvalue weighted by atomic mass is 10.1. The maximum absolute atomic E-state index is 11.9. The number of nitrogens with zero attached hydrogens (tertiary/aromatic N) is 4. The molecule has 1 fully saturated rings. The summed E-state index contributed by atoms with van der Waals surface area (Å²) in [4.78, 5) is 25.6. The molecule has 4 rings (SSSR count). The van der Waals surface area contributed by atoms with E-state index in [2.05, 4.69) is 15.3 Å². The SMILES string of the molecule is O=c1[nH]c(=O)n2c3c1nnn3C[C@@H]1O[C@H]2C(O)C1O. The van der Waals surface area contributed by atoms with E-state index in [1.165, 1.54) is 4.68 Å². The van der Waals surface area contributed by atoms with Crippen molar-refractivity contribution in [2.45, 2.75) is 31.1 Å². The minimum absolute atomic E-state index is 0.00237. The molecule has 0 amide bonds. The average molecular weight is 267 g/mol. The minimum Gasteiger partial charge on any atom is -0.387 e. The van der Waals surface area contributed by atoms with E-state index >= 15 is 0 Å². The zero-order valence-corrected chi connectivity index (χ0v) is 9.42. The Morgan fingerprint density at radius 1 is 1.32 bits per heavy atom. The second kappa shape index (κ2) is 3.29. The number of hydrogen-bond acceptors (Lipinski definition) is 7. The molecular formula is C9H9N5O5. The van der Waals surface area contributed by atoms with E-state index in [0.717, 1.165) is 4.57 Å². The van der Waals surface area contributed by atoms with Crippen LogP contribution in [-0.4, -0.2) is 53.1 Å². The Morgan fingerprint density at radius 3 is 2.89 bits per heavy atom. The van der Waals surface area contributed by atoms with Gasteiger partial charge >= 0.3 is 5.69 Å². The van der Waals surface area contributed by atoms with E-state index < -0.39 is 35.8 Å². The zero-order chi connectivity index (χ0) is 13.3. The third kappa shape index (κ3) is 1.20. The Kier molecular flexibility index (Phi) is 1.88. The van der Waals surface area contributed by atoms with Crippen LogP contribution in [0.2, 0.25) is 0 Å². The van der Waals surface area contributed by atoms with Crippen molar-refractivity contribution in [2.75, 3.05) is 0 Å². The van der Waals surface area contributed by atoms with Crippen LogP contribution in [0.25, 0.3) is 11.2 Å². The quantitative estimate of drug-likeness (QED) is 0.460. The molecule has 0 aliphatic carbocycles. The Morgan fingerprint density at radius 2 is 2.11 bits per heavy atom. The fourth-order valence-electron chi connectivity index (χ4n) is 2.63. The van der Waals surface area contributed by atoms with Gasteiger partial charge in [0, 0.05) is 0 Å². The summed E-state index contributed by atoms with van der Waals surface area (Å²) >= 11 is 0.